The third-order valence-electron chi connectivity index (χ3n) is 22.6. The van der Waals surface area contributed by atoms with E-state index in [1.54, 1.807) is 62.4 Å². The first-order valence-electron chi connectivity index (χ1n) is 41.8. The molecule has 6 unspecified atom stereocenters. The van der Waals surface area contributed by atoms with E-state index in [4.69, 9.17) is 47.4 Å². The van der Waals surface area contributed by atoms with E-state index in [1.807, 2.05) is 76.2 Å². The minimum absolute atomic E-state index is 0.00103. The number of amides is 10. The molecule has 4 N–H and O–H groups in total. The van der Waals surface area contributed by atoms with Crippen molar-refractivity contribution < 1.29 is 95.3 Å². The van der Waals surface area contributed by atoms with Crippen molar-refractivity contribution in [3.63, 3.8) is 0 Å². The molecule has 6 aliphatic heterocycles. The van der Waals surface area contributed by atoms with Crippen molar-refractivity contribution in [2.75, 3.05) is 105 Å². The second-order valence-electron chi connectivity index (χ2n) is 30.7. The third-order valence-corrected chi connectivity index (χ3v) is 22.6. The molecule has 9 aromatic carbocycles. The summed E-state index contributed by atoms with van der Waals surface area (Å²) in [4.78, 5) is 158. The molecule has 10 amide bonds. The average molecular weight is 1640 g/mol. The molecule has 15 rings (SSSR count). The zero-order valence-electron chi connectivity index (χ0n) is 68.3. The average Bonchev–Trinajstić information content (AvgIpc) is 1.09. The number of rotatable bonds is 44. The maximum atomic E-state index is 16.8. The molecule has 28 heteroatoms. The van der Waals surface area contributed by atoms with Crippen LogP contribution in [0.25, 0.3) is 43.1 Å². The molecule has 0 spiro atoms. The molecule has 120 heavy (non-hydrogen) atoms. The Morgan fingerprint density at radius 2 is 0.592 bits per heavy atom. The van der Waals surface area contributed by atoms with E-state index in [-0.39, 0.29) is 230 Å². The summed E-state index contributed by atoms with van der Waals surface area (Å²) in [6, 6.07) is 32.3. The van der Waals surface area contributed by atoms with Gasteiger partial charge in [0.15, 0.2) is 0 Å². The number of aryl methyl sites for hydroxylation is 4. The van der Waals surface area contributed by atoms with Crippen LogP contribution in [0.15, 0.2) is 121 Å². The summed E-state index contributed by atoms with van der Waals surface area (Å²) in [5.41, 5.74) is 3.48. The van der Waals surface area contributed by atoms with E-state index in [0.717, 1.165) is 32.1 Å². The normalized spacial score (nSPS) is 17.3. The van der Waals surface area contributed by atoms with E-state index < -0.39 is 71.2 Å². The Morgan fingerprint density at radius 1 is 0.358 bits per heavy atom. The Hall–Kier alpha value is -11.7. The van der Waals surface area contributed by atoms with Gasteiger partial charge >= 0.3 is 0 Å². The molecule has 0 aromatic heterocycles. The van der Waals surface area contributed by atoms with Gasteiger partial charge in [0.2, 0.25) is 35.4 Å². The van der Waals surface area contributed by atoms with Crippen molar-refractivity contribution in [1.29, 1.82) is 0 Å². The van der Waals surface area contributed by atoms with Gasteiger partial charge < -0.3 is 78.4 Å². The zero-order valence-corrected chi connectivity index (χ0v) is 68.3. The molecule has 4 fully saturated rings. The van der Waals surface area contributed by atoms with E-state index in [9.17, 15) is 19.2 Å². The van der Waals surface area contributed by atoms with Crippen molar-refractivity contribution in [3.8, 4) is 46.0 Å². The number of carbonyl (C=O) groups excluding carboxylic acids is 10. The molecule has 9 aromatic rings. The number of fused-ring (bicyclic) bond motifs is 2. The number of hydrogen-bond donors (Lipinski definition) is 4. The maximum Gasteiger partial charge on any atom is 0.262 e. The van der Waals surface area contributed by atoms with Crippen molar-refractivity contribution in [1.82, 2.24) is 40.9 Å². The van der Waals surface area contributed by atoms with Crippen molar-refractivity contribution in [3.05, 3.63) is 166 Å². The fraction of sp³-hybridized carbons (Fsp3) is 0.413. The first-order valence-corrected chi connectivity index (χ1v) is 41.8. The summed E-state index contributed by atoms with van der Waals surface area (Å²) >= 11 is 0. The van der Waals surface area contributed by atoms with Crippen LogP contribution in [-0.4, -0.2) is 220 Å². The summed E-state index contributed by atoms with van der Waals surface area (Å²) in [5.74, 6) is -5.57. The standard InChI is InChI=1S/C92H100N8O20/c1-7-53-13-21-57(22-14-53)117-71-41-65-79-66(88(106)99(87(65)105)69(33-39-111-11-5)91(109)97(35-29-75(101)93-45-61-49-113-61)36-30-76(102)94-46-62-50-114-62)43-73(119-59-25-17-55(9-3)18-26-59)83-84-74(120-60-27-19-56(10-4)20-28-60)44-68-80-67(42-72(82(86(80)84)81(71)85(79)83)118-58-23-15-54(8-2)16-24-58)89(107)100(90(68)108)70(34-40-112-12-6)92(110)98(37-31-77(103)95-47-63-51-115-63)38-32-78(104)96-48-64-52-116-64/h13-28,41-44,61-64,69-70H,7-12,29-40,45-52H2,1-6H3,(H,93,101)(H,94,102)(H,95,103)(H,96,104). The Labute approximate surface area is 694 Å². The number of benzene rings is 9. The van der Waals surface area contributed by atoms with Crippen LogP contribution in [0.4, 0.5) is 0 Å². The lowest BCUT2D eigenvalue weighted by atomic mass is 9.80. The van der Waals surface area contributed by atoms with Gasteiger partial charge in [-0.05, 0) is 135 Å². The van der Waals surface area contributed by atoms with Crippen molar-refractivity contribution in [2.45, 2.75) is 142 Å². The Bertz CT molecular complexity index is 4750. The number of imide groups is 2. The molecule has 0 saturated carbocycles. The maximum absolute atomic E-state index is 16.8. The monoisotopic (exact) mass is 1640 g/mol. The van der Waals surface area contributed by atoms with Crippen LogP contribution in [0.2, 0.25) is 0 Å². The van der Waals surface area contributed by atoms with Crippen LogP contribution in [0.5, 0.6) is 46.0 Å². The molecule has 28 nitrogen and oxygen atoms in total. The van der Waals surface area contributed by atoms with Crippen LogP contribution >= 0.6 is 0 Å². The lowest BCUT2D eigenvalue weighted by Gasteiger charge is -2.37. The highest BCUT2D eigenvalue weighted by Crippen LogP contribution is 2.58. The van der Waals surface area contributed by atoms with Gasteiger partial charge in [0.05, 0.1) is 73.1 Å². The molecule has 0 bridgehead atoms. The minimum atomic E-state index is -1.63. The second kappa shape index (κ2) is 37.3. The van der Waals surface area contributed by atoms with Crippen molar-refractivity contribution >= 4 is 102 Å². The van der Waals surface area contributed by atoms with Gasteiger partial charge in [0, 0.05) is 160 Å². The fourth-order valence-corrected chi connectivity index (χ4v) is 15.6. The number of epoxide rings is 4. The SMILES string of the molecule is CCOCCC(C(=O)N(CCC(=O)NCC1CO1)CCC(=O)NCC1CO1)N1C(=O)c2cc(Oc3ccc(CC)cc3)c3c4c(Oc5ccc(CC)cc5)cc5c6c(cc(Oc7ccc(CC)cc7)c(c7c(Oc8ccc(CC)cc8)cc(c2c37)C1=O)c64)C(=O)N(C(CCOCC)C(=O)N(CCC(=O)NCC1CO1)CCC(=O)NCC1CO1)C5=O. The van der Waals surface area contributed by atoms with E-state index in [0.29, 0.717) is 75.1 Å². The zero-order chi connectivity index (χ0) is 83.8. The van der Waals surface area contributed by atoms with E-state index >= 15 is 28.8 Å². The number of carbonyl (C=O) groups is 10. The summed E-state index contributed by atoms with van der Waals surface area (Å²) < 4.78 is 62.6. The van der Waals surface area contributed by atoms with Crippen LogP contribution in [0.1, 0.15) is 144 Å². The van der Waals surface area contributed by atoms with Crippen LogP contribution < -0.4 is 40.2 Å². The third kappa shape index (κ3) is 18.8. The number of nitrogens with one attached hydrogen (secondary N) is 4. The first kappa shape index (κ1) is 83.4. The van der Waals surface area contributed by atoms with Gasteiger partial charge in [-0.15, -0.1) is 0 Å². The quantitative estimate of drug-likeness (QED) is 0.00906. The lowest BCUT2D eigenvalue weighted by Crippen LogP contribution is -2.55. The van der Waals surface area contributed by atoms with E-state index in [2.05, 4.69) is 21.3 Å². The van der Waals surface area contributed by atoms with Gasteiger partial charge in [-0.3, -0.25) is 57.7 Å². The highest BCUT2D eigenvalue weighted by Gasteiger charge is 2.48. The van der Waals surface area contributed by atoms with Crippen molar-refractivity contribution in [2.24, 2.45) is 0 Å². The Morgan fingerprint density at radius 3 is 0.800 bits per heavy atom. The first-order chi connectivity index (χ1) is 58.3. The molecular formula is C92H100N8O20. The smallest absolute Gasteiger partial charge is 0.262 e. The highest BCUT2D eigenvalue weighted by molar-refractivity contribution is 6.45. The minimum Gasteiger partial charge on any atom is -0.457 e. The molecule has 6 aliphatic rings. The predicted octanol–water partition coefficient (Wildman–Crippen LogP) is 11.2. The molecule has 628 valence electrons. The van der Waals surface area contributed by atoms with Gasteiger partial charge in [0.25, 0.3) is 23.6 Å². The fourth-order valence-electron chi connectivity index (χ4n) is 15.6. The Balaban J connectivity index is 0.986. The van der Waals surface area contributed by atoms with E-state index in [1.165, 1.54) is 34.1 Å². The van der Waals surface area contributed by atoms with Crippen LogP contribution in [0.3, 0.4) is 0 Å². The second-order valence-corrected chi connectivity index (χ2v) is 30.7. The molecule has 0 aliphatic carbocycles. The molecular weight excluding hydrogens is 1540 g/mol. The lowest BCUT2D eigenvalue weighted by molar-refractivity contribution is -0.138. The largest absolute Gasteiger partial charge is 0.457 e. The van der Waals surface area contributed by atoms with Crippen LogP contribution in [-0.2, 0) is 82.9 Å². The number of nitrogens with zero attached hydrogens (tertiary/aromatic N) is 4. The molecule has 0 radical (unpaired) electrons. The molecule has 6 atom stereocenters. The Kier molecular flexibility index (Phi) is 25.9. The summed E-state index contributed by atoms with van der Waals surface area (Å²) in [5, 5.41) is 12.8. The van der Waals surface area contributed by atoms with Gasteiger partial charge in [-0.25, -0.2) is 0 Å². The number of ether oxygens (including phenoxy) is 10. The molecule has 6 heterocycles. The van der Waals surface area contributed by atoms with Gasteiger partial charge in [-0.2, -0.15) is 0 Å². The van der Waals surface area contributed by atoms with Gasteiger partial charge in [-0.1, -0.05) is 76.2 Å². The summed E-state index contributed by atoms with van der Waals surface area (Å²) in [7, 11) is 0. The summed E-state index contributed by atoms with van der Waals surface area (Å²) in [6.07, 6.45) is 0.812. The highest BCUT2D eigenvalue weighted by atomic mass is 16.6. The molecule has 4 saturated heterocycles. The summed E-state index contributed by atoms with van der Waals surface area (Å²) in [6.45, 7) is 13.8. The van der Waals surface area contributed by atoms with Crippen LogP contribution in [0, 0.1) is 0 Å². The predicted molar refractivity (Wildman–Crippen MR) is 445 cm³/mol. The topological polar surface area (TPSA) is 337 Å². The van der Waals surface area contributed by atoms with Gasteiger partial charge in [0.1, 0.15) is 58.1 Å². The number of hydrogen-bond acceptors (Lipinski definition) is 20.